The van der Waals surface area contributed by atoms with Crippen molar-refractivity contribution in [3.63, 3.8) is 0 Å². The molecule has 0 aromatic heterocycles. The molecule has 7 heteroatoms. The van der Waals surface area contributed by atoms with Crippen LogP contribution >= 0.6 is 11.6 Å². The lowest BCUT2D eigenvalue weighted by atomic mass is 9.81. The van der Waals surface area contributed by atoms with Gasteiger partial charge < -0.3 is 4.90 Å². The Morgan fingerprint density at radius 1 is 1.21 bits per heavy atom. The molecule has 0 radical (unpaired) electrons. The molecule has 5 nitrogen and oxygen atoms in total. The Morgan fingerprint density at radius 2 is 1.86 bits per heavy atom. The molecular formula is C21H28ClFN4O. The van der Waals surface area contributed by atoms with Gasteiger partial charge in [0.15, 0.2) is 0 Å². The van der Waals surface area contributed by atoms with Crippen molar-refractivity contribution in [3.8, 4) is 6.07 Å². The summed E-state index contributed by atoms with van der Waals surface area (Å²) >= 11 is 6.13. The molecular weight excluding hydrogens is 379 g/mol. The quantitative estimate of drug-likeness (QED) is 0.753. The number of carbonyl (C=O) groups is 1. The second-order valence-corrected chi connectivity index (χ2v) is 8.32. The van der Waals surface area contributed by atoms with Gasteiger partial charge in [0.05, 0.1) is 12.6 Å². The van der Waals surface area contributed by atoms with Gasteiger partial charge in [-0.2, -0.15) is 5.26 Å². The summed E-state index contributed by atoms with van der Waals surface area (Å²) in [6, 6.07) is 7.17. The number of rotatable bonds is 5. The van der Waals surface area contributed by atoms with Crippen molar-refractivity contribution in [3.05, 3.63) is 34.6 Å². The molecule has 0 unspecified atom stereocenters. The van der Waals surface area contributed by atoms with Gasteiger partial charge in [0.1, 0.15) is 11.4 Å². The summed E-state index contributed by atoms with van der Waals surface area (Å²) in [6.45, 7) is 3.80. The maximum Gasteiger partial charge on any atom is 0.237 e. The minimum absolute atomic E-state index is 0.00838. The second kappa shape index (κ2) is 9.21. The molecule has 0 N–H and O–H groups in total. The average Bonchev–Trinajstić information content (AvgIpc) is 2.72. The predicted octanol–water partition coefficient (Wildman–Crippen LogP) is 3.28. The van der Waals surface area contributed by atoms with Gasteiger partial charge in [-0.1, -0.05) is 36.9 Å². The lowest BCUT2D eigenvalue weighted by Gasteiger charge is -2.41. The zero-order valence-electron chi connectivity index (χ0n) is 16.5. The minimum atomic E-state index is -0.640. The molecule has 1 saturated heterocycles. The van der Waals surface area contributed by atoms with Gasteiger partial charge in [-0.05, 0) is 25.0 Å². The summed E-state index contributed by atoms with van der Waals surface area (Å²) in [5.74, 6) is -0.268. The van der Waals surface area contributed by atoms with Gasteiger partial charge in [0, 0.05) is 50.4 Å². The first-order valence-electron chi connectivity index (χ1n) is 10.0. The summed E-state index contributed by atoms with van der Waals surface area (Å²) in [4.78, 5) is 18.7. The van der Waals surface area contributed by atoms with Crippen LogP contribution in [0.2, 0.25) is 5.02 Å². The Labute approximate surface area is 171 Å². The lowest BCUT2D eigenvalue weighted by molar-refractivity contribution is -0.136. The molecule has 1 aliphatic heterocycles. The van der Waals surface area contributed by atoms with Gasteiger partial charge in [0.2, 0.25) is 5.91 Å². The summed E-state index contributed by atoms with van der Waals surface area (Å²) in [5, 5.41) is 10.1. The fraction of sp³-hybridized carbons (Fsp3) is 0.619. The highest BCUT2D eigenvalue weighted by atomic mass is 35.5. The summed E-state index contributed by atoms with van der Waals surface area (Å²) < 4.78 is 14.0. The van der Waals surface area contributed by atoms with E-state index in [1.807, 2.05) is 0 Å². The van der Waals surface area contributed by atoms with E-state index in [9.17, 15) is 14.4 Å². The Bertz CT molecular complexity index is 716. The van der Waals surface area contributed by atoms with Crippen molar-refractivity contribution < 1.29 is 9.18 Å². The van der Waals surface area contributed by atoms with Crippen molar-refractivity contribution in [1.82, 2.24) is 14.7 Å². The number of nitrogens with zero attached hydrogens (tertiary/aromatic N) is 4. The largest absolute Gasteiger partial charge is 0.326 e. The SMILES string of the molecule is CN(C(=O)CN1CCN(Cc2c(F)cccc2Cl)CC1)C1(C#N)CCCCC1. The monoisotopic (exact) mass is 406 g/mol. The van der Waals surface area contributed by atoms with E-state index in [4.69, 9.17) is 11.6 Å². The Morgan fingerprint density at radius 3 is 2.46 bits per heavy atom. The molecule has 1 aromatic carbocycles. The number of carbonyl (C=O) groups excluding carboxylic acids is 1. The average molecular weight is 407 g/mol. The molecule has 2 aliphatic rings. The molecule has 0 bridgehead atoms. The van der Waals surface area contributed by atoms with E-state index in [2.05, 4.69) is 15.9 Å². The fourth-order valence-corrected chi connectivity index (χ4v) is 4.43. The lowest BCUT2D eigenvalue weighted by Crippen LogP contribution is -2.54. The first-order valence-corrected chi connectivity index (χ1v) is 10.4. The van der Waals surface area contributed by atoms with Crippen molar-refractivity contribution in [2.45, 2.75) is 44.2 Å². The number of hydrogen-bond donors (Lipinski definition) is 0. The molecule has 28 heavy (non-hydrogen) atoms. The normalized spacial score (nSPS) is 20.5. The molecule has 0 atom stereocenters. The molecule has 1 saturated carbocycles. The van der Waals surface area contributed by atoms with Crippen LogP contribution in [-0.4, -0.2) is 65.9 Å². The highest BCUT2D eigenvalue weighted by Gasteiger charge is 2.39. The topological polar surface area (TPSA) is 50.6 Å². The molecule has 1 aromatic rings. The maximum absolute atomic E-state index is 14.0. The Kier molecular flexibility index (Phi) is 6.92. The number of benzene rings is 1. The van der Waals surface area contributed by atoms with Gasteiger partial charge in [0.25, 0.3) is 0 Å². The number of piperazine rings is 1. The van der Waals surface area contributed by atoms with Crippen LogP contribution in [0.4, 0.5) is 4.39 Å². The zero-order valence-corrected chi connectivity index (χ0v) is 17.2. The number of hydrogen-bond acceptors (Lipinski definition) is 4. The van der Waals surface area contributed by atoms with Gasteiger partial charge in [-0.3, -0.25) is 14.6 Å². The van der Waals surface area contributed by atoms with Crippen LogP contribution in [0.25, 0.3) is 0 Å². The van der Waals surface area contributed by atoms with Crippen LogP contribution in [0.3, 0.4) is 0 Å². The van der Waals surface area contributed by atoms with Crippen LogP contribution in [-0.2, 0) is 11.3 Å². The van der Waals surface area contributed by atoms with Gasteiger partial charge in [-0.15, -0.1) is 0 Å². The van der Waals surface area contributed by atoms with Crippen molar-refractivity contribution in [2.75, 3.05) is 39.8 Å². The van der Waals surface area contributed by atoms with E-state index in [0.29, 0.717) is 23.7 Å². The Hall–Kier alpha value is -1.68. The van der Waals surface area contributed by atoms with Crippen molar-refractivity contribution in [2.24, 2.45) is 0 Å². The predicted molar refractivity (Wildman–Crippen MR) is 107 cm³/mol. The minimum Gasteiger partial charge on any atom is -0.326 e. The standard InChI is InChI=1S/C21H28ClFN4O/c1-25(21(16-24)8-3-2-4-9-21)20(28)15-27-12-10-26(11-13-27)14-17-18(22)6-5-7-19(17)23/h5-7H,2-4,8-15H2,1H3. The van der Waals surface area contributed by atoms with Crippen molar-refractivity contribution in [1.29, 1.82) is 5.26 Å². The van der Waals surface area contributed by atoms with Crippen LogP contribution in [0.15, 0.2) is 18.2 Å². The van der Waals surface area contributed by atoms with E-state index >= 15 is 0 Å². The third-order valence-electron chi connectivity index (χ3n) is 6.17. The number of nitriles is 1. The highest BCUT2D eigenvalue weighted by Crippen LogP contribution is 2.32. The van der Waals surface area contributed by atoms with E-state index in [1.54, 1.807) is 24.1 Å². The molecule has 3 rings (SSSR count). The molecule has 152 valence electrons. The van der Waals surface area contributed by atoms with Crippen molar-refractivity contribution >= 4 is 17.5 Å². The zero-order chi connectivity index (χ0) is 20.1. The number of halogens is 2. The molecule has 1 amide bonds. The van der Waals surface area contributed by atoms with Crippen LogP contribution in [0, 0.1) is 17.1 Å². The van der Waals surface area contributed by atoms with Crippen LogP contribution < -0.4 is 0 Å². The second-order valence-electron chi connectivity index (χ2n) is 7.91. The molecule has 1 aliphatic carbocycles. The smallest absolute Gasteiger partial charge is 0.237 e. The Balaban J connectivity index is 1.51. The van der Waals surface area contributed by atoms with E-state index in [1.165, 1.54) is 6.07 Å². The number of likely N-dealkylation sites (N-methyl/N-ethyl adjacent to an activating group) is 1. The summed E-state index contributed by atoms with van der Waals surface area (Å²) in [7, 11) is 1.77. The molecule has 2 fully saturated rings. The van der Waals surface area contributed by atoms with Crippen LogP contribution in [0.5, 0.6) is 0 Å². The van der Waals surface area contributed by atoms with Gasteiger partial charge >= 0.3 is 0 Å². The van der Waals surface area contributed by atoms with E-state index < -0.39 is 5.54 Å². The van der Waals surface area contributed by atoms with Crippen LogP contribution in [0.1, 0.15) is 37.7 Å². The van der Waals surface area contributed by atoms with Gasteiger partial charge in [-0.25, -0.2) is 4.39 Å². The first kappa shape index (κ1) is 21.0. The van der Waals surface area contributed by atoms with E-state index in [0.717, 1.165) is 58.3 Å². The third-order valence-corrected chi connectivity index (χ3v) is 6.53. The molecule has 0 spiro atoms. The number of amides is 1. The highest BCUT2D eigenvalue weighted by molar-refractivity contribution is 6.31. The first-order chi connectivity index (χ1) is 13.4. The summed E-state index contributed by atoms with van der Waals surface area (Å²) in [6.07, 6.45) is 4.68. The summed E-state index contributed by atoms with van der Waals surface area (Å²) in [5.41, 5.74) is -0.111. The van der Waals surface area contributed by atoms with E-state index in [-0.39, 0.29) is 11.7 Å². The third kappa shape index (κ3) is 4.65. The fourth-order valence-electron chi connectivity index (χ4n) is 4.21. The molecule has 1 heterocycles. The maximum atomic E-state index is 14.0.